The molecule has 16 heavy (non-hydrogen) atoms. The molecule has 0 saturated heterocycles. The van der Waals surface area contributed by atoms with E-state index in [9.17, 15) is 4.39 Å². The van der Waals surface area contributed by atoms with Crippen molar-refractivity contribution in [3.8, 4) is 0 Å². The Labute approximate surface area is 100 Å². The summed E-state index contributed by atoms with van der Waals surface area (Å²) in [5, 5.41) is 3.46. The highest BCUT2D eigenvalue weighted by Gasteiger charge is 2.19. The fourth-order valence-corrected chi connectivity index (χ4v) is 2.22. The number of anilines is 2. The van der Waals surface area contributed by atoms with Crippen LogP contribution in [0.2, 0.25) is 5.02 Å². The van der Waals surface area contributed by atoms with Gasteiger partial charge in [-0.1, -0.05) is 18.5 Å². The Kier molecular flexibility index (Phi) is 3.24. The molecule has 1 aliphatic heterocycles. The summed E-state index contributed by atoms with van der Waals surface area (Å²) in [6.45, 7) is 7.02. The SMILES string of the molecule is CCN1CC(C)CNc2cc(F)c(Cl)cc21. The predicted molar refractivity (Wildman–Crippen MR) is 67.0 cm³/mol. The van der Waals surface area contributed by atoms with Gasteiger partial charge in [-0.05, 0) is 18.9 Å². The summed E-state index contributed by atoms with van der Waals surface area (Å²) in [4.78, 5) is 2.23. The smallest absolute Gasteiger partial charge is 0.143 e. The minimum Gasteiger partial charge on any atom is -0.383 e. The van der Waals surface area contributed by atoms with Crippen molar-refractivity contribution < 1.29 is 4.39 Å². The van der Waals surface area contributed by atoms with E-state index in [2.05, 4.69) is 24.1 Å². The largest absolute Gasteiger partial charge is 0.383 e. The molecule has 0 saturated carbocycles. The molecule has 4 heteroatoms. The fraction of sp³-hybridized carbons (Fsp3) is 0.500. The number of hydrogen-bond acceptors (Lipinski definition) is 2. The molecule has 0 aliphatic carbocycles. The Bertz CT molecular complexity index is 395. The monoisotopic (exact) mass is 242 g/mol. The maximum atomic E-state index is 13.4. The van der Waals surface area contributed by atoms with E-state index >= 15 is 0 Å². The molecular weight excluding hydrogens is 227 g/mol. The molecule has 1 N–H and O–H groups in total. The lowest BCUT2D eigenvalue weighted by Gasteiger charge is -2.24. The molecule has 88 valence electrons. The summed E-state index contributed by atoms with van der Waals surface area (Å²) in [6.07, 6.45) is 0. The number of fused-ring (bicyclic) bond motifs is 1. The van der Waals surface area contributed by atoms with Crippen molar-refractivity contribution in [2.45, 2.75) is 13.8 Å². The predicted octanol–water partition coefficient (Wildman–Crippen LogP) is 3.37. The molecule has 1 atom stereocenters. The summed E-state index contributed by atoms with van der Waals surface area (Å²) < 4.78 is 13.4. The Morgan fingerprint density at radius 2 is 2.31 bits per heavy atom. The molecule has 1 aromatic carbocycles. The van der Waals surface area contributed by atoms with Crippen molar-refractivity contribution in [1.82, 2.24) is 0 Å². The van der Waals surface area contributed by atoms with Gasteiger partial charge in [0.05, 0.1) is 16.4 Å². The Hall–Kier alpha value is -0.960. The third-order valence-corrected chi connectivity index (χ3v) is 3.22. The number of halogens is 2. The van der Waals surface area contributed by atoms with Crippen LogP contribution in [-0.2, 0) is 0 Å². The molecule has 0 fully saturated rings. The Balaban J connectivity index is 2.45. The van der Waals surface area contributed by atoms with E-state index in [0.29, 0.717) is 5.92 Å². The van der Waals surface area contributed by atoms with E-state index in [1.165, 1.54) is 6.07 Å². The second kappa shape index (κ2) is 4.50. The van der Waals surface area contributed by atoms with Crippen LogP contribution in [0.1, 0.15) is 13.8 Å². The van der Waals surface area contributed by atoms with Gasteiger partial charge < -0.3 is 10.2 Å². The lowest BCUT2D eigenvalue weighted by atomic mass is 10.2. The third-order valence-electron chi connectivity index (χ3n) is 2.93. The molecule has 1 aromatic rings. The van der Waals surface area contributed by atoms with Gasteiger partial charge in [-0.3, -0.25) is 0 Å². The third kappa shape index (κ3) is 2.09. The van der Waals surface area contributed by atoms with Crippen molar-refractivity contribution >= 4 is 23.0 Å². The van der Waals surface area contributed by atoms with Crippen LogP contribution in [0.4, 0.5) is 15.8 Å². The van der Waals surface area contributed by atoms with Crippen molar-refractivity contribution in [2.24, 2.45) is 5.92 Å². The quantitative estimate of drug-likeness (QED) is 0.812. The Morgan fingerprint density at radius 1 is 1.56 bits per heavy atom. The van der Waals surface area contributed by atoms with Gasteiger partial charge in [-0.15, -0.1) is 0 Å². The van der Waals surface area contributed by atoms with Crippen LogP contribution >= 0.6 is 11.6 Å². The van der Waals surface area contributed by atoms with Gasteiger partial charge in [0, 0.05) is 25.7 Å². The molecule has 0 bridgehead atoms. The maximum Gasteiger partial charge on any atom is 0.143 e. The number of benzene rings is 1. The van der Waals surface area contributed by atoms with Gasteiger partial charge in [0.2, 0.25) is 0 Å². The molecule has 0 radical (unpaired) electrons. The van der Waals surface area contributed by atoms with Crippen LogP contribution in [-0.4, -0.2) is 19.6 Å². The van der Waals surface area contributed by atoms with Gasteiger partial charge in [0.15, 0.2) is 0 Å². The first-order valence-electron chi connectivity index (χ1n) is 5.59. The zero-order valence-electron chi connectivity index (χ0n) is 9.56. The molecule has 2 rings (SSSR count). The topological polar surface area (TPSA) is 15.3 Å². The van der Waals surface area contributed by atoms with Gasteiger partial charge in [-0.2, -0.15) is 0 Å². The van der Waals surface area contributed by atoms with Gasteiger partial charge in [-0.25, -0.2) is 4.39 Å². The molecule has 0 amide bonds. The van der Waals surface area contributed by atoms with Gasteiger partial charge in [0.25, 0.3) is 0 Å². The average molecular weight is 243 g/mol. The zero-order valence-corrected chi connectivity index (χ0v) is 10.3. The number of rotatable bonds is 1. The van der Waals surface area contributed by atoms with Crippen LogP contribution in [0.15, 0.2) is 12.1 Å². The molecule has 1 aliphatic rings. The zero-order chi connectivity index (χ0) is 11.7. The first-order valence-corrected chi connectivity index (χ1v) is 5.97. The lowest BCUT2D eigenvalue weighted by molar-refractivity contribution is 0.602. The fourth-order valence-electron chi connectivity index (χ4n) is 2.06. The Morgan fingerprint density at radius 3 is 3.00 bits per heavy atom. The highest BCUT2D eigenvalue weighted by Crippen LogP contribution is 2.33. The number of hydrogen-bond donors (Lipinski definition) is 1. The summed E-state index contributed by atoms with van der Waals surface area (Å²) in [7, 11) is 0. The summed E-state index contributed by atoms with van der Waals surface area (Å²) in [5.74, 6) is 0.174. The molecule has 1 unspecified atom stereocenters. The second-order valence-electron chi connectivity index (χ2n) is 4.31. The molecular formula is C12H16ClFN2. The van der Waals surface area contributed by atoms with Crippen LogP contribution in [0.5, 0.6) is 0 Å². The van der Waals surface area contributed by atoms with E-state index in [4.69, 9.17) is 11.6 Å². The first-order chi connectivity index (χ1) is 7.61. The first kappa shape index (κ1) is 11.5. The maximum absolute atomic E-state index is 13.4. The standard InChI is InChI=1S/C12H16ClFN2/c1-3-16-7-8(2)6-15-11-5-10(14)9(13)4-12(11)16/h4-5,8,15H,3,6-7H2,1-2H3. The average Bonchev–Trinajstić information content (AvgIpc) is 2.40. The number of nitrogens with one attached hydrogen (secondary N) is 1. The van der Waals surface area contributed by atoms with Crippen molar-refractivity contribution in [3.63, 3.8) is 0 Å². The van der Waals surface area contributed by atoms with Gasteiger partial charge >= 0.3 is 0 Å². The van der Waals surface area contributed by atoms with Crippen LogP contribution in [0, 0.1) is 11.7 Å². The summed E-state index contributed by atoms with van der Waals surface area (Å²) >= 11 is 5.83. The second-order valence-corrected chi connectivity index (χ2v) is 4.72. The minimum atomic E-state index is -0.362. The highest BCUT2D eigenvalue weighted by atomic mass is 35.5. The molecule has 1 heterocycles. The van der Waals surface area contributed by atoms with Crippen molar-refractivity contribution in [3.05, 3.63) is 23.0 Å². The summed E-state index contributed by atoms with van der Waals surface area (Å²) in [5.41, 5.74) is 1.84. The van der Waals surface area contributed by atoms with Crippen molar-refractivity contribution in [1.29, 1.82) is 0 Å². The normalized spacial score (nSPS) is 20.0. The lowest BCUT2D eigenvalue weighted by Crippen LogP contribution is -2.28. The van der Waals surface area contributed by atoms with Crippen LogP contribution < -0.4 is 10.2 Å². The summed E-state index contributed by atoms with van der Waals surface area (Å²) in [6, 6.07) is 3.19. The highest BCUT2D eigenvalue weighted by molar-refractivity contribution is 6.31. The van der Waals surface area contributed by atoms with E-state index < -0.39 is 0 Å². The minimum absolute atomic E-state index is 0.188. The van der Waals surface area contributed by atoms with E-state index in [-0.39, 0.29) is 10.8 Å². The molecule has 2 nitrogen and oxygen atoms in total. The number of nitrogens with zero attached hydrogens (tertiary/aromatic N) is 1. The molecule has 0 aromatic heterocycles. The van der Waals surface area contributed by atoms with E-state index in [0.717, 1.165) is 31.0 Å². The van der Waals surface area contributed by atoms with Crippen molar-refractivity contribution in [2.75, 3.05) is 29.9 Å². The van der Waals surface area contributed by atoms with Crippen LogP contribution in [0.3, 0.4) is 0 Å². The van der Waals surface area contributed by atoms with E-state index in [1.807, 2.05) is 0 Å². The van der Waals surface area contributed by atoms with Gasteiger partial charge in [0.1, 0.15) is 5.82 Å². The van der Waals surface area contributed by atoms with E-state index in [1.54, 1.807) is 6.07 Å². The molecule has 0 spiro atoms. The van der Waals surface area contributed by atoms with Crippen LogP contribution in [0.25, 0.3) is 0 Å².